The molecule has 0 spiro atoms. The van der Waals surface area contributed by atoms with Crippen LogP contribution in [0.3, 0.4) is 0 Å². The molecule has 0 aliphatic heterocycles. The standard InChI is InChI=1S/C18H19N3O4/c1-25-15-9-5-8-14(18(15)24)11-20-21-17(23)12-19-16(22)10-13-6-3-2-4-7-13/h2-9,11,24H,10,12H2,1H3,(H,19,22)(H,21,23). The first-order valence-corrected chi connectivity index (χ1v) is 7.58. The van der Waals surface area contributed by atoms with E-state index >= 15 is 0 Å². The Balaban J connectivity index is 1.78. The molecule has 0 bridgehead atoms. The Morgan fingerprint density at radius 2 is 1.88 bits per heavy atom. The number of ether oxygens (including phenoxy) is 1. The summed E-state index contributed by atoms with van der Waals surface area (Å²) in [6, 6.07) is 14.1. The second-order valence-corrected chi connectivity index (χ2v) is 5.13. The number of carbonyl (C=O) groups is 2. The lowest BCUT2D eigenvalue weighted by Gasteiger charge is -2.05. The first-order valence-electron chi connectivity index (χ1n) is 7.58. The molecule has 2 rings (SSSR count). The minimum absolute atomic E-state index is 0.0702. The van der Waals surface area contributed by atoms with Crippen LogP contribution in [0.15, 0.2) is 53.6 Å². The first-order chi connectivity index (χ1) is 12.1. The fraction of sp³-hybridized carbons (Fsp3) is 0.167. The van der Waals surface area contributed by atoms with Crippen LogP contribution in [0.2, 0.25) is 0 Å². The highest BCUT2D eigenvalue weighted by atomic mass is 16.5. The van der Waals surface area contributed by atoms with E-state index in [0.717, 1.165) is 5.56 Å². The van der Waals surface area contributed by atoms with Gasteiger partial charge in [0.2, 0.25) is 5.91 Å². The van der Waals surface area contributed by atoms with Gasteiger partial charge >= 0.3 is 0 Å². The third kappa shape index (κ3) is 5.65. The van der Waals surface area contributed by atoms with Crippen molar-refractivity contribution in [3.05, 3.63) is 59.7 Å². The summed E-state index contributed by atoms with van der Waals surface area (Å²) in [6.45, 7) is -0.187. The summed E-state index contributed by atoms with van der Waals surface area (Å²) in [5.41, 5.74) is 3.54. The van der Waals surface area contributed by atoms with E-state index in [-0.39, 0.29) is 24.6 Å². The van der Waals surface area contributed by atoms with E-state index in [9.17, 15) is 14.7 Å². The maximum absolute atomic E-state index is 11.8. The summed E-state index contributed by atoms with van der Waals surface area (Å²) in [6.07, 6.45) is 1.50. The van der Waals surface area contributed by atoms with Crippen molar-refractivity contribution in [3.8, 4) is 11.5 Å². The molecule has 7 nitrogen and oxygen atoms in total. The van der Waals surface area contributed by atoms with Crippen LogP contribution in [0.5, 0.6) is 11.5 Å². The monoisotopic (exact) mass is 341 g/mol. The van der Waals surface area contributed by atoms with E-state index < -0.39 is 5.91 Å². The van der Waals surface area contributed by atoms with Gasteiger partial charge in [-0.1, -0.05) is 36.4 Å². The Kier molecular flexibility index (Phi) is 6.53. The van der Waals surface area contributed by atoms with E-state index in [4.69, 9.17) is 4.74 Å². The molecule has 2 amide bonds. The van der Waals surface area contributed by atoms with Crippen LogP contribution in [0, 0.1) is 0 Å². The molecular weight excluding hydrogens is 322 g/mol. The highest BCUT2D eigenvalue weighted by Gasteiger charge is 2.07. The van der Waals surface area contributed by atoms with Crippen LogP contribution < -0.4 is 15.5 Å². The van der Waals surface area contributed by atoms with Crippen molar-refractivity contribution in [2.24, 2.45) is 5.10 Å². The van der Waals surface area contributed by atoms with E-state index in [2.05, 4.69) is 15.8 Å². The van der Waals surface area contributed by atoms with Gasteiger partial charge in [-0.15, -0.1) is 0 Å². The van der Waals surface area contributed by atoms with E-state index in [0.29, 0.717) is 11.3 Å². The molecule has 0 saturated heterocycles. The fourth-order valence-electron chi connectivity index (χ4n) is 2.04. The quantitative estimate of drug-likeness (QED) is 0.520. The number of amides is 2. The molecule has 0 saturated carbocycles. The molecule has 2 aromatic rings. The van der Waals surface area contributed by atoms with Gasteiger partial charge in [-0.25, -0.2) is 5.43 Å². The van der Waals surface area contributed by atoms with E-state index in [1.54, 1.807) is 18.2 Å². The number of phenolic OH excluding ortho intramolecular Hbond substituents is 1. The van der Waals surface area contributed by atoms with Crippen molar-refractivity contribution in [2.75, 3.05) is 13.7 Å². The van der Waals surface area contributed by atoms with Gasteiger partial charge in [-0.3, -0.25) is 9.59 Å². The average Bonchev–Trinajstić information content (AvgIpc) is 2.62. The second kappa shape index (κ2) is 9.07. The van der Waals surface area contributed by atoms with Crippen molar-refractivity contribution >= 4 is 18.0 Å². The number of aromatic hydroxyl groups is 1. The van der Waals surface area contributed by atoms with Gasteiger partial charge in [0.25, 0.3) is 5.91 Å². The molecule has 25 heavy (non-hydrogen) atoms. The van der Waals surface area contributed by atoms with Crippen molar-refractivity contribution in [2.45, 2.75) is 6.42 Å². The lowest BCUT2D eigenvalue weighted by atomic mass is 10.1. The number of methoxy groups -OCH3 is 1. The number of hydrogen-bond acceptors (Lipinski definition) is 5. The number of para-hydroxylation sites is 1. The minimum atomic E-state index is -0.472. The Morgan fingerprint density at radius 1 is 1.12 bits per heavy atom. The molecule has 0 atom stereocenters. The Bertz CT molecular complexity index is 760. The first kappa shape index (κ1) is 18.0. The van der Waals surface area contributed by atoms with Crippen LogP contribution in [0.1, 0.15) is 11.1 Å². The van der Waals surface area contributed by atoms with Crippen LogP contribution in [0.25, 0.3) is 0 Å². The fourth-order valence-corrected chi connectivity index (χ4v) is 2.04. The number of nitrogens with zero attached hydrogens (tertiary/aromatic N) is 1. The molecule has 0 unspecified atom stereocenters. The highest BCUT2D eigenvalue weighted by molar-refractivity contribution is 5.88. The van der Waals surface area contributed by atoms with E-state index in [1.165, 1.54) is 13.3 Å². The number of hydrazone groups is 1. The zero-order valence-corrected chi connectivity index (χ0v) is 13.7. The molecule has 0 aliphatic rings. The molecule has 0 heterocycles. The Morgan fingerprint density at radius 3 is 2.60 bits per heavy atom. The maximum Gasteiger partial charge on any atom is 0.259 e. The highest BCUT2D eigenvalue weighted by Crippen LogP contribution is 2.27. The number of benzene rings is 2. The third-order valence-electron chi connectivity index (χ3n) is 3.30. The summed E-state index contributed by atoms with van der Waals surface area (Å²) in [7, 11) is 1.44. The van der Waals surface area contributed by atoms with Gasteiger partial charge in [0.05, 0.1) is 26.3 Å². The molecule has 2 aromatic carbocycles. The molecule has 130 valence electrons. The normalized spacial score (nSPS) is 10.4. The van der Waals surface area contributed by atoms with Gasteiger partial charge in [-0.2, -0.15) is 5.10 Å². The zero-order valence-electron chi connectivity index (χ0n) is 13.7. The lowest BCUT2D eigenvalue weighted by Crippen LogP contribution is -2.35. The smallest absolute Gasteiger partial charge is 0.259 e. The molecule has 0 radical (unpaired) electrons. The number of rotatable bonds is 7. The molecule has 3 N–H and O–H groups in total. The van der Waals surface area contributed by atoms with Crippen LogP contribution >= 0.6 is 0 Å². The molecule has 0 fully saturated rings. The average molecular weight is 341 g/mol. The van der Waals surface area contributed by atoms with E-state index in [1.807, 2.05) is 30.3 Å². The number of nitrogens with one attached hydrogen (secondary N) is 2. The molecule has 0 aliphatic carbocycles. The van der Waals surface area contributed by atoms with Crippen molar-refractivity contribution < 1.29 is 19.4 Å². The van der Waals surface area contributed by atoms with Crippen LogP contribution in [-0.2, 0) is 16.0 Å². The van der Waals surface area contributed by atoms with Crippen molar-refractivity contribution in [3.63, 3.8) is 0 Å². The van der Waals surface area contributed by atoms with Crippen LogP contribution in [0.4, 0.5) is 0 Å². The maximum atomic E-state index is 11.8. The lowest BCUT2D eigenvalue weighted by molar-refractivity contribution is -0.125. The molecule has 0 aromatic heterocycles. The van der Waals surface area contributed by atoms with Gasteiger partial charge in [0.1, 0.15) is 0 Å². The third-order valence-corrected chi connectivity index (χ3v) is 3.30. The Labute approximate surface area is 145 Å². The predicted octanol–water partition coefficient (Wildman–Crippen LogP) is 1.21. The molecular formula is C18H19N3O4. The number of hydrogen-bond donors (Lipinski definition) is 3. The van der Waals surface area contributed by atoms with Crippen molar-refractivity contribution in [1.29, 1.82) is 0 Å². The van der Waals surface area contributed by atoms with Gasteiger partial charge in [0, 0.05) is 5.56 Å². The molecule has 7 heteroatoms. The minimum Gasteiger partial charge on any atom is -0.504 e. The van der Waals surface area contributed by atoms with Gasteiger partial charge in [0.15, 0.2) is 11.5 Å². The van der Waals surface area contributed by atoms with Crippen LogP contribution in [-0.4, -0.2) is 36.8 Å². The summed E-state index contributed by atoms with van der Waals surface area (Å²) in [5, 5.41) is 16.1. The number of phenols is 1. The van der Waals surface area contributed by atoms with Gasteiger partial charge in [-0.05, 0) is 17.7 Å². The Hall–Kier alpha value is -3.35. The van der Waals surface area contributed by atoms with Crippen molar-refractivity contribution in [1.82, 2.24) is 10.7 Å². The largest absolute Gasteiger partial charge is 0.504 e. The summed E-state index contributed by atoms with van der Waals surface area (Å²) >= 11 is 0. The summed E-state index contributed by atoms with van der Waals surface area (Å²) < 4.78 is 4.98. The zero-order chi connectivity index (χ0) is 18.1. The summed E-state index contributed by atoms with van der Waals surface area (Å²) in [5.74, 6) is -0.488. The SMILES string of the molecule is COc1cccc(C=NNC(=O)CNC(=O)Cc2ccccc2)c1O. The summed E-state index contributed by atoms with van der Waals surface area (Å²) in [4.78, 5) is 23.4. The van der Waals surface area contributed by atoms with Gasteiger partial charge < -0.3 is 15.2 Å². The predicted molar refractivity (Wildman–Crippen MR) is 93.6 cm³/mol. The topological polar surface area (TPSA) is 100 Å². The second-order valence-electron chi connectivity index (χ2n) is 5.13. The number of carbonyl (C=O) groups excluding carboxylic acids is 2.